The van der Waals surface area contributed by atoms with Gasteiger partial charge in [0.1, 0.15) is 16.4 Å². The maximum Gasteiger partial charge on any atom is 0.266 e. The van der Waals surface area contributed by atoms with Gasteiger partial charge in [0, 0.05) is 16.8 Å². The number of hydrogen-bond donors (Lipinski definition) is 1. The van der Waals surface area contributed by atoms with Crippen molar-refractivity contribution in [1.29, 1.82) is 0 Å². The fourth-order valence-corrected chi connectivity index (χ4v) is 4.87. The van der Waals surface area contributed by atoms with Gasteiger partial charge >= 0.3 is 0 Å². The van der Waals surface area contributed by atoms with E-state index in [9.17, 15) is 4.79 Å². The van der Waals surface area contributed by atoms with Gasteiger partial charge in [0.25, 0.3) is 5.91 Å². The molecule has 0 unspecified atom stereocenters. The van der Waals surface area contributed by atoms with E-state index in [0.717, 1.165) is 51.6 Å². The Kier molecular flexibility index (Phi) is 4.83. The van der Waals surface area contributed by atoms with E-state index < -0.39 is 0 Å². The van der Waals surface area contributed by atoms with E-state index in [2.05, 4.69) is 15.3 Å². The number of aromatic nitrogens is 2. The number of rotatable bonds is 4. The first-order valence-electron chi connectivity index (χ1n) is 9.33. The fraction of sp³-hybridized carbons (Fsp3) is 0.381. The lowest BCUT2D eigenvalue weighted by Gasteiger charge is -2.13. The monoisotopic (exact) mass is 381 g/mol. The van der Waals surface area contributed by atoms with Crippen LogP contribution < -0.4 is 10.1 Å². The van der Waals surface area contributed by atoms with Crippen LogP contribution in [0.5, 0.6) is 5.75 Å². The molecule has 1 aromatic carbocycles. The third kappa shape index (κ3) is 3.67. The number of ether oxygens (including phenoxy) is 1. The van der Waals surface area contributed by atoms with E-state index >= 15 is 0 Å². The molecule has 1 aliphatic carbocycles. The van der Waals surface area contributed by atoms with Gasteiger partial charge in [-0.05, 0) is 76.3 Å². The van der Waals surface area contributed by atoms with Crippen LogP contribution >= 0.6 is 11.3 Å². The summed E-state index contributed by atoms with van der Waals surface area (Å²) in [7, 11) is 0. The number of nitrogens with zero attached hydrogens (tertiary/aromatic N) is 2. The van der Waals surface area contributed by atoms with Gasteiger partial charge < -0.3 is 10.1 Å². The molecule has 0 aliphatic heterocycles. The molecule has 1 aliphatic rings. The molecule has 0 spiro atoms. The van der Waals surface area contributed by atoms with E-state index in [1.54, 1.807) is 0 Å². The molecule has 0 saturated heterocycles. The number of amides is 1. The quantitative estimate of drug-likeness (QED) is 0.675. The van der Waals surface area contributed by atoms with Gasteiger partial charge in [0.05, 0.1) is 11.0 Å². The smallest absolute Gasteiger partial charge is 0.266 e. The molecule has 1 amide bonds. The van der Waals surface area contributed by atoms with E-state index in [1.165, 1.54) is 24.2 Å². The lowest BCUT2D eigenvalue weighted by atomic mass is 10.1. The Labute approximate surface area is 162 Å². The van der Waals surface area contributed by atoms with Crippen molar-refractivity contribution in [1.82, 2.24) is 9.97 Å². The lowest BCUT2D eigenvalue weighted by molar-refractivity contribution is 0.103. The highest BCUT2D eigenvalue weighted by Crippen LogP contribution is 2.32. The Balaban J connectivity index is 1.51. The van der Waals surface area contributed by atoms with E-state index in [-0.39, 0.29) is 5.91 Å². The molecule has 1 N–H and O–H groups in total. The second-order valence-electron chi connectivity index (χ2n) is 7.10. The maximum atomic E-state index is 12.8. The number of anilines is 1. The molecule has 1 saturated carbocycles. The summed E-state index contributed by atoms with van der Waals surface area (Å²) in [6, 6.07) is 7.62. The molecule has 0 atom stereocenters. The first kappa shape index (κ1) is 17.9. The molecule has 5 nitrogen and oxygen atoms in total. The van der Waals surface area contributed by atoms with Crippen molar-refractivity contribution in [3.05, 3.63) is 46.2 Å². The van der Waals surface area contributed by atoms with Gasteiger partial charge in [0.15, 0.2) is 0 Å². The van der Waals surface area contributed by atoms with Crippen molar-refractivity contribution in [3.8, 4) is 5.75 Å². The van der Waals surface area contributed by atoms with Crippen molar-refractivity contribution in [2.45, 2.75) is 52.6 Å². The molecular formula is C21H23N3O2S. The summed E-state index contributed by atoms with van der Waals surface area (Å²) in [4.78, 5) is 23.2. The summed E-state index contributed by atoms with van der Waals surface area (Å²) < 4.78 is 5.98. The summed E-state index contributed by atoms with van der Waals surface area (Å²) in [5, 5.41) is 3.97. The van der Waals surface area contributed by atoms with Gasteiger partial charge in [-0.25, -0.2) is 9.97 Å². The molecule has 2 aromatic heterocycles. The second kappa shape index (κ2) is 7.27. The normalized spacial score (nSPS) is 14.6. The van der Waals surface area contributed by atoms with Crippen molar-refractivity contribution in [3.63, 3.8) is 0 Å². The summed E-state index contributed by atoms with van der Waals surface area (Å²) in [6.07, 6.45) is 5.09. The predicted octanol–water partition coefficient (Wildman–Crippen LogP) is 5.19. The number of nitrogens with one attached hydrogen (secondary N) is 1. The Morgan fingerprint density at radius 2 is 1.81 bits per heavy atom. The van der Waals surface area contributed by atoms with Gasteiger partial charge in [-0.3, -0.25) is 4.79 Å². The lowest BCUT2D eigenvalue weighted by Crippen LogP contribution is -2.12. The van der Waals surface area contributed by atoms with E-state index in [0.29, 0.717) is 11.0 Å². The van der Waals surface area contributed by atoms with Crippen molar-refractivity contribution in [2.75, 3.05) is 5.32 Å². The number of hydrogen-bond acceptors (Lipinski definition) is 5. The highest BCUT2D eigenvalue weighted by atomic mass is 32.1. The average Bonchev–Trinajstić information content (AvgIpc) is 3.24. The van der Waals surface area contributed by atoms with Crippen LogP contribution in [-0.4, -0.2) is 22.0 Å². The molecular weight excluding hydrogens is 358 g/mol. The minimum atomic E-state index is -0.114. The number of carbonyl (C=O) groups excluding carboxylic acids is 1. The van der Waals surface area contributed by atoms with Crippen LogP contribution in [0.3, 0.4) is 0 Å². The van der Waals surface area contributed by atoms with Crippen molar-refractivity contribution >= 4 is 33.1 Å². The Bertz CT molecular complexity index is 989. The minimum Gasteiger partial charge on any atom is -0.490 e. The third-order valence-electron chi connectivity index (χ3n) is 5.01. The zero-order valence-electron chi connectivity index (χ0n) is 15.8. The Hall–Kier alpha value is -2.47. The van der Waals surface area contributed by atoms with Crippen molar-refractivity contribution in [2.24, 2.45) is 0 Å². The first-order valence-corrected chi connectivity index (χ1v) is 10.2. The summed E-state index contributed by atoms with van der Waals surface area (Å²) in [5.74, 6) is 1.47. The van der Waals surface area contributed by atoms with Crippen LogP contribution in [-0.2, 0) is 0 Å². The molecule has 27 heavy (non-hydrogen) atoms. The fourth-order valence-electron chi connectivity index (χ4n) is 3.69. The highest BCUT2D eigenvalue weighted by molar-refractivity contribution is 7.20. The number of benzene rings is 1. The maximum absolute atomic E-state index is 12.8. The Morgan fingerprint density at radius 3 is 2.52 bits per heavy atom. The van der Waals surface area contributed by atoms with Gasteiger partial charge in [0.2, 0.25) is 0 Å². The van der Waals surface area contributed by atoms with Crippen LogP contribution in [0, 0.1) is 20.8 Å². The van der Waals surface area contributed by atoms with Crippen LogP contribution in [0.25, 0.3) is 10.2 Å². The summed E-state index contributed by atoms with van der Waals surface area (Å²) in [5.41, 5.74) is 2.61. The molecule has 3 aromatic rings. The summed E-state index contributed by atoms with van der Waals surface area (Å²) >= 11 is 1.42. The minimum absolute atomic E-state index is 0.114. The SMILES string of the molecule is Cc1nc(C)c2c(C)c(C(=O)Nc3ccc(OC4CCCC4)cc3)sc2n1. The van der Waals surface area contributed by atoms with E-state index in [4.69, 9.17) is 4.74 Å². The average molecular weight is 382 g/mol. The van der Waals surface area contributed by atoms with Gasteiger partial charge in [-0.15, -0.1) is 11.3 Å². The second-order valence-corrected chi connectivity index (χ2v) is 8.09. The number of aryl methyl sites for hydroxylation is 3. The zero-order chi connectivity index (χ0) is 19.0. The molecule has 4 rings (SSSR count). The topological polar surface area (TPSA) is 64.1 Å². The molecule has 1 fully saturated rings. The molecule has 0 radical (unpaired) electrons. The van der Waals surface area contributed by atoms with Crippen LogP contribution in [0.2, 0.25) is 0 Å². The highest BCUT2D eigenvalue weighted by Gasteiger charge is 2.19. The molecule has 0 bridgehead atoms. The van der Waals surface area contributed by atoms with Gasteiger partial charge in [-0.1, -0.05) is 0 Å². The molecule has 140 valence electrons. The van der Waals surface area contributed by atoms with Crippen molar-refractivity contribution < 1.29 is 9.53 Å². The number of thiophene rings is 1. The van der Waals surface area contributed by atoms with Gasteiger partial charge in [-0.2, -0.15) is 0 Å². The van der Waals surface area contributed by atoms with E-state index in [1.807, 2.05) is 45.0 Å². The zero-order valence-corrected chi connectivity index (χ0v) is 16.7. The summed E-state index contributed by atoms with van der Waals surface area (Å²) in [6.45, 7) is 5.79. The first-order chi connectivity index (χ1) is 13.0. The van der Waals surface area contributed by atoms with Crippen LogP contribution in [0.1, 0.15) is 52.4 Å². The number of fused-ring (bicyclic) bond motifs is 1. The van der Waals surface area contributed by atoms with Crippen LogP contribution in [0.15, 0.2) is 24.3 Å². The van der Waals surface area contributed by atoms with Crippen LogP contribution in [0.4, 0.5) is 5.69 Å². The largest absolute Gasteiger partial charge is 0.490 e. The Morgan fingerprint density at radius 1 is 1.11 bits per heavy atom. The molecule has 6 heteroatoms. The predicted molar refractivity (Wildman–Crippen MR) is 109 cm³/mol. The standard InChI is InChI=1S/C21H23N3O2S/c1-12-18-13(2)22-14(3)23-21(18)27-19(12)20(25)24-15-8-10-17(11-9-15)26-16-6-4-5-7-16/h8-11,16H,4-7H2,1-3H3,(H,24,25). The third-order valence-corrected chi connectivity index (χ3v) is 6.19. The number of carbonyl (C=O) groups is 1. The molecule has 2 heterocycles.